The predicted molar refractivity (Wildman–Crippen MR) is 137 cm³/mol. The van der Waals surface area contributed by atoms with E-state index in [1.807, 2.05) is 24.3 Å². The van der Waals surface area contributed by atoms with E-state index in [1.165, 1.54) is 23.3 Å². The summed E-state index contributed by atoms with van der Waals surface area (Å²) in [6.45, 7) is 2.17. The number of carbonyl (C=O) groups is 2. The van der Waals surface area contributed by atoms with Crippen molar-refractivity contribution in [3.63, 3.8) is 0 Å². The Balaban J connectivity index is 1.35. The summed E-state index contributed by atoms with van der Waals surface area (Å²) < 4.78 is 18.7. The summed E-state index contributed by atoms with van der Waals surface area (Å²) in [4.78, 5) is 28.7. The second-order valence-electron chi connectivity index (χ2n) is 9.91. The molecule has 5 rings (SSSR count). The van der Waals surface area contributed by atoms with Crippen LogP contribution in [0.25, 0.3) is 17.2 Å². The first-order chi connectivity index (χ1) is 17.5. The Kier molecular flexibility index (Phi) is 7.12. The van der Waals surface area contributed by atoms with Crippen LogP contribution >= 0.6 is 0 Å². The molecule has 1 N–H and O–H groups in total. The molecule has 4 atom stereocenters. The molecule has 1 amide bonds. The standard InChI is InChI=1S/C30H31FN2O3/c1-2-36-30(35)33-25-9-11-27-21(16-25)14-22-17-26(34)10-13-28(22)29(27)12-8-24-7-6-20(18-32-24)19-4-3-5-23(31)15-19/h3-8,10,12-13,15,18,21,25,27,29H,2,9,11,14,16-17H2,1H3,(H,33,35)/b12-8+/t21-,25-,27-,29+/m1/s1. The number of allylic oxidation sites excluding steroid dienone is 5. The Morgan fingerprint density at radius 3 is 2.86 bits per heavy atom. The largest absolute Gasteiger partial charge is 0.450 e. The molecule has 3 aliphatic carbocycles. The maximum Gasteiger partial charge on any atom is 0.407 e. The number of rotatable bonds is 5. The number of aromatic nitrogens is 1. The lowest BCUT2D eigenvalue weighted by atomic mass is 9.61. The molecule has 0 spiro atoms. The summed E-state index contributed by atoms with van der Waals surface area (Å²) in [7, 11) is 0. The number of ketones is 1. The summed E-state index contributed by atoms with van der Waals surface area (Å²) in [5.41, 5.74) is 5.00. The summed E-state index contributed by atoms with van der Waals surface area (Å²) in [6.07, 6.45) is 13.6. The zero-order valence-corrected chi connectivity index (χ0v) is 20.5. The van der Waals surface area contributed by atoms with E-state index >= 15 is 0 Å². The molecule has 0 aliphatic heterocycles. The summed E-state index contributed by atoms with van der Waals surface area (Å²) in [5, 5.41) is 3.02. The molecule has 0 radical (unpaired) electrons. The van der Waals surface area contributed by atoms with Crippen molar-refractivity contribution in [2.75, 3.05) is 6.61 Å². The number of hydrogen-bond acceptors (Lipinski definition) is 4. The Hall–Kier alpha value is -3.54. The van der Waals surface area contributed by atoms with Crippen molar-refractivity contribution in [3.05, 3.63) is 83.5 Å². The molecule has 2 aromatic rings. The average molecular weight is 487 g/mol. The summed E-state index contributed by atoms with van der Waals surface area (Å²) in [6, 6.07) is 10.5. The fourth-order valence-electron chi connectivity index (χ4n) is 6.01. The van der Waals surface area contributed by atoms with Crippen LogP contribution in [0.4, 0.5) is 9.18 Å². The van der Waals surface area contributed by atoms with Crippen molar-refractivity contribution in [1.82, 2.24) is 10.3 Å². The maximum absolute atomic E-state index is 13.6. The number of halogens is 1. The van der Waals surface area contributed by atoms with Gasteiger partial charge in [-0.3, -0.25) is 9.78 Å². The van der Waals surface area contributed by atoms with Gasteiger partial charge in [0.05, 0.1) is 12.3 Å². The fourth-order valence-corrected chi connectivity index (χ4v) is 6.01. The summed E-state index contributed by atoms with van der Waals surface area (Å²) in [5.74, 6) is 0.947. The van der Waals surface area contributed by atoms with Gasteiger partial charge >= 0.3 is 6.09 Å². The normalized spacial score (nSPS) is 25.4. The van der Waals surface area contributed by atoms with Gasteiger partial charge in [-0.25, -0.2) is 9.18 Å². The predicted octanol–water partition coefficient (Wildman–Crippen LogP) is 6.28. The second-order valence-corrected chi connectivity index (χ2v) is 9.91. The van der Waals surface area contributed by atoms with E-state index in [4.69, 9.17) is 4.74 Å². The molecule has 1 saturated carbocycles. The minimum atomic E-state index is -0.350. The number of benzene rings is 1. The van der Waals surface area contributed by atoms with Gasteiger partial charge in [-0.2, -0.15) is 0 Å². The SMILES string of the molecule is CCOC(=O)N[C@@H]1CC[C@@H]2[C@H](CC3=C(C=CC(=O)C3)[C@H]2/C=C/c2ccc(-c3cccc(F)c3)cn2)C1. The van der Waals surface area contributed by atoms with Crippen LogP contribution in [0.2, 0.25) is 0 Å². The second kappa shape index (κ2) is 10.6. The highest BCUT2D eigenvalue weighted by atomic mass is 19.1. The molecular formula is C30H31FN2O3. The molecule has 36 heavy (non-hydrogen) atoms. The lowest BCUT2D eigenvalue weighted by Crippen LogP contribution is -2.44. The van der Waals surface area contributed by atoms with Crippen molar-refractivity contribution in [2.24, 2.45) is 17.8 Å². The molecule has 1 aromatic heterocycles. The molecule has 5 nitrogen and oxygen atoms in total. The fraction of sp³-hybridized carbons (Fsp3) is 0.367. The van der Waals surface area contributed by atoms with E-state index < -0.39 is 0 Å². The molecule has 1 fully saturated rings. The first kappa shape index (κ1) is 24.2. The quantitative estimate of drug-likeness (QED) is 0.540. The van der Waals surface area contributed by atoms with Crippen LogP contribution in [0.3, 0.4) is 0 Å². The van der Waals surface area contributed by atoms with Gasteiger partial charge < -0.3 is 10.1 Å². The van der Waals surface area contributed by atoms with Crippen molar-refractivity contribution < 1.29 is 18.7 Å². The third kappa shape index (κ3) is 5.32. The van der Waals surface area contributed by atoms with Gasteiger partial charge in [0.15, 0.2) is 5.78 Å². The smallest absolute Gasteiger partial charge is 0.407 e. The number of nitrogens with one attached hydrogen (secondary N) is 1. The average Bonchev–Trinajstić information content (AvgIpc) is 2.87. The molecule has 0 bridgehead atoms. The Labute approximate surface area is 211 Å². The van der Waals surface area contributed by atoms with E-state index in [9.17, 15) is 14.0 Å². The highest BCUT2D eigenvalue weighted by Gasteiger charge is 2.41. The van der Waals surface area contributed by atoms with E-state index in [1.54, 1.807) is 25.3 Å². The van der Waals surface area contributed by atoms with E-state index in [-0.39, 0.29) is 29.7 Å². The van der Waals surface area contributed by atoms with Crippen LogP contribution in [-0.4, -0.2) is 29.5 Å². The maximum atomic E-state index is 13.6. The van der Waals surface area contributed by atoms with Crippen LogP contribution in [0, 0.1) is 23.6 Å². The van der Waals surface area contributed by atoms with Crippen molar-refractivity contribution in [1.29, 1.82) is 0 Å². The van der Waals surface area contributed by atoms with E-state index in [0.717, 1.165) is 42.5 Å². The van der Waals surface area contributed by atoms with Gasteiger partial charge in [0.25, 0.3) is 0 Å². The third-order valence-electron chi connectivity index (χ3n) is 7.63. The Bertz CT molecular complexity index is 1230. The zero-order valence-electron chi connectivity index (χ0n) is 20.5. The molecule has 1 aromatic carbocycles. The monoisotopic (exact) mass is 486 g/mol. The zero-order chi connectivity index (χ0) is 25.1. The molecular weight excluding hydrogens is 455 g/mol. The van der Waals surface area contributed by atoms with Crippen LogP contribution in [0.15, 0.2) is 72.0 Å². The van der Waals surface area contributed by atoms with Crippen molar-refractivity contribution >= 4 is 18.0 Å². The summed E-state index contributed by atoms with van der Waals surface area (Å²) >= 11 is 0. The number of pyridine rings is 1. The van der Waals surface area contributed by atoms with E-state index in [2.05, 4.69) is 22.5 Å². The third-order valence-corrected chi connectivity index (χ3v) is 7.63. The van der Waals surface area contributed by atoms with Crippen molar-refractivity contribution in [2.45, 2.75) is 45.1 Å². The van der Waals surface area contributed by atoms with Crippen LogP contribution < -0.4 is 5.32 Å². The number of hydrogen-bond donors (Lipinski definition) is 1. The molecule has 186 valence electrons. The van der Waals surface area contributed by atoms with Gasteiger partial charge in [0.2, 0.25) is 0 Å². The van der Waals surface area contributed by atoms with Gasteiger partial charge in [-0.15, -0.1) is 0 Å². The topological polar surface area (TPSA) is 68.3 Å². The first-order valence-electron chi connectivity index (χ1n) is 12.8. The van der Waals surface area contributed by atoms with Gasteiger partial charge in [0.1, 0.15) is 5.82 Å². The Morgan fingerprint density at radius 2 is 2.08 bits per heavy atom. The van der Waals surface area contributed by atoms with Gasteiger partial charge in [-0.1, -0.05) is 35.9 Å². The first-order valence-corrected chi connectivity index (χ1v) is 12.8. The van der Waals surface area contributed by atoms with E-state index in [0.29, 0.717) is 24.9 Å². The number of amides is 1. The highest BCUT2D eigenvalue weighted by molar-refractivity contribution is 5.93. The van der Waals surface area contributed by atoms with Crippen molar-refractivity contribution in [3.8, 4) is 11.1 Å². The van der Waals surface area contributed by atoms with Crippen LogP contribution in [0.5, 0.6) is 0 Å². The van der Waals surface area contributed by atoms with Gasteiger partial charge in [0, 0.05) is 30.1 Å². The minimum Gasteiger partial charge on any atom is -0.450 e. The Morgan fingerprint density at radius 1 is 1.19 bits per heavy atom. The number of nitrogens with zero attached hydrogens (tertiary/aromatic N) is 1. The van der Waals surface area contributed by atoms with Gasteiger partial charge in [-0.05, 0) is 85.9 Å². The highest BCUT2D eigenvalue weighted by Crippen LogP contribution is 2.49. The molecule has 3 aliphatic rings. The number of ether oxygens (including phenoxy) is 1. The molecule has 0 saturated heterocycles. The number of alkyl carbamates (subject to hydrolysis) is 1. The number of carbonyl (C=O) groups excluding carboxylic acids is 2. The van der Waals surface area contributed by atoms with Crippen LogP contribution in [0.1, 0.15) is 44.7 Å². The lowest BCUT2D eigenvalue weighted by molar-refractivity contribution is -0.114. The molecule has 0 unspecified atom stereocenters. The lowest BCUT2D eigenvalue weighted by Gasteiger charge is -2.45. The minimum absolute atomic E-state index is 0.101. The molecule has 1 heterocycles. The number of fused-ring (bicyclic) bond motifs is 1. The van der Waals surface area contributed by atoms with Crippen LogP contribution in [-0.2, 0) is 9.53 Å². The molecule has 6 heteroatoms.